The summed E-state index contributed by atoms with van der Waals surface area (Å²) in [5.74, 6) is -0.358. The first-order chi connectivity index (χ1) is 7.95. The van der Waals surface area contributed by atoms with E-state index in [1.165, 1.54) is 7.11 Å². The van der Waals surface area contributed by atoms with Gasteiger partial charge < -0.3 is 15.2 Å². The Morgan fingerprint density at radius 1 is 1.65 bits per heavy atom. The smallest absolute Gasteiger partial charge is 0.351 e. The first-order valence-corrected chi connectivity index (χ1v) is 6.31. The molecule has 0 aromatic carbocycles. The van der Waals surface area contributed by atoms with E-state index in [2.05, 4.69) is 15.0 Å². The number of esters is 1. The number of aliphatic hydroxyl groups excluding tert-OH is 1. The molecule has 1 unspecified atom stereocenters. The number of thiazole rings is 1. The van der Waals surface area contributed by atoms with Crippen molar-refractivity contribution in [3.05, 3.63) is 10.0 Å². The molecule has 0 aliphatic rings. The highest BCUT2D eigenvalue weighted by molar-refractivity contribution is 7.18. The highest BCUT2D eigenvalue weighted by Crippen LogP contribution is 2.27. The number of rotatable bonds is 5. The third kappa shape index (κ3) is 3.83. The summed E-state index contributed by atoms with van der Waals surface area (Å²) >= 11 is 6.90. The molecule has 0 radical (unpaired) electrons. The Hall–Kier alpha value is -0.850. The standard InChI is InChI=1S/C10H15ClN2O3S/c1-5(2)6(14)4-12-10-13-8(11)7(17-10)9(15)16-3/h5-6,14H,4H2,1-3H3,(H,12,13). The lowest BCUT2D eigenvalue weighted by atomic mass is 10.1. The van der Waals surface area contributed by atoms with Crippen molar-refractivity contribution in [2.24, 2.45) is 5.92 Å². The fraction of sp³-hybridized carbons (Fsp3) is 0.600. The van der Waals surface area contributed by atoms with Gasteiger partial charge in [0.25, 0.3) is 0 Å². The van der Waals surface area contributed by atoms with Gasteiger partial charge in [0.05, 0.1) is 13.2 Å². The Bertz CT molecular complexity index is 395. The summed E-state index contributed by atoms with van der Waals surface area (Å²) in [5.41, 5.74) is 0. The van der Waals surface area contributed by atoms with E-state index >= 15 is 0 Å². The molecule has 2 N–H and O–H groups in total. The minimum absolute atomic E-state index is 0.114. The lowest BCUT2D eigenvalue weighted by Gasteiger charge is -2.14. The van der Waals surface area contributed by atoms with Crippen molar-refractivity contribution in [2.75, 3.05) is 19.0 Å². The minimum Gasteiger partial charge on any atom is -0.465 e. The van der Waals surface area contributed by atoms with Crippen molar-refractivity contribution in [1.29, 1.82) is 0 Å². The highest BCUT2D eigenvalue weighted by atomic mass is 35.5. The van der Waals surface area contributed by atoms with Crippen molar-refractivity contribution in [3.8, 4) is 0 Å². The van der Waals surface area contributed by atoms with Crippen LogP contribution in [0.4, 0.5) is 5.13 Å². The molecule has 96 valence electrons. The van der Waals surface area contributed by atoms with Crippen molar-refractivity contribution in [1.82, 2.24) is 4.98 Å². The number of nitrogens with one attached hydrogen (secondary N) is 1. The summed E-state index contributed by atoms with van der Waals surface area (Å²) in [5, 5.41) is 13.1. The quantitative estimate of drug-likeness (QED) is 0.806. The Labute approximate surface area is 109 Å². The second-order valence-corrected chi connectivity index (χ2v) is 5.18. The molecule has 0 fully saturated rings. The summed E-state index contributed by atoms with van der Waals surface area (Å²) in [6.45, 7) is 4.20. The second kappa shape index (κ2) is 6.18. The van der Waals surface area contributed by atoms with E-state index in [0.717, 1.165) is 11.3 Å². The van der Waals surface area contributed by atoms with Crippen molar-refractivity contribution < 1.29 is 14.6 Å². The van der Waals surface area contributed by atoms with Crippen LogP contribution in [0.3, 0.4) is 0 Å². The van der Waals surface area contributed by atoms with Gasteiger partial charge in [-0.15, -0.1) is 0 Å². The Balaban J connectivity index is 2.65. The fourth-order valence-electron chi connectivity index (χ4n) is 1.02. The van der Waals surface area contributed by atoms with Crippen LogP contribution < -0.4 is 5.32 Å². The Morgan fingerprint density at radius 3 is 2.82 bits per heavy atom. The van der Waals surface area contributed by atoms with Crippen molar-refractivity contribution in [3.63, 3.8) is 0 Å². The molecule has 5 nitrogen and oxygen atoms in total. The van der Waals surface area contributed by atoms with E-state index in [0.29, 0.717) is 11.7 Å². The van der Waals surface area contributed by atoms with Gasteiger partial charge >= 0.3 is 5.97 Å². The number of hydrogen-bond acceptors (Lipinski definition) is 6. The predicted octanol–water partition coefficient (Wildman–Crippen LogP) is 2.01. The number of methoxy groups -OCH3 is 1. The first-order valence-electron chi connectivity index (χ1n) is 5.12. The maximum atomic E-state index is 11.3. The van der Waals surface area contributed by atoms with E-state index in [1.807, 2.05) is 13.8 Å². The molecule has 7 heteroatoms. The van der Waals surface area contributed by atoms with E-state index in [4.69, 9.17) is 11.6 Å². The number of hydrogen-bond donors (Lipinski definition) is 2. The van der Waals surface area contributed by atoms with Crippen molar-refractivity contribution in [2.45, 2.75) is 20.0 Å². The molecule has 1 atom stereocenters. The number of nitrogens with zero attached hydrogens (tertiary/aromatic N) is 1. The van der Waals surface area contributed by atoms with E-state index in [9.17, 15) is 9.90 Å². The predicted molar refractivity (Wildman–Crippen MR) is 67.8 cm³/mol. The van der Waals surface area contributed by atoms with Crippen LogP contribution in [0.1, 0.15) is 23.5 Å². The molecule has 0 spiro atoms. The average Bonchev–Trinajstić information content (AvgIpc) is 2.66. The number of carbonyl (C=O) groups excluding carboxylic acids is 1. The molecule has 0 amide bonds. The number of aliphatic hydroxyl groups is 1. The van der Waals surface area contributed by atoms with Crippen molar-refractivity contribution >= 4 is 34.0 Å². The topological polar surface area (TPSA) is 71.5 Å². The van der Waals surface area contributed by atoms with Crippen LogP contribution >= 0.6 is 22.9 Å². The first kappa shape index (κ1) is 14.2. The third-order valence-corrected chi connectivity index (χ3v) is 3.57. The number of halogens is 1. The van der Waals surface area contributed by atoms with Gasteiger partial charge in [-0.3, -0.25) is 0 Å². The molecule has 1 aromatic rings. The largest absolute Gasteiger partial charge is 0.465 e. The molecule has 0 bridgehead atoms. The number of aromatic nitrogens is 1. The van der Waals surface area contributed by atoms with Gasteiger partial charge in [0.2, 0.25) is 0 Å². The van der Waals surface area contributed by atoms with Crippen LogP contribution in [0.5, 0.6) is 0 Å². The maximum Gasteiger partial charge on any atom is 0.351 e. The molecule has 1 heterocycles. The number of ether oxygens (including phenoxy) is 1. The fourth-order valence-corrected chi connectivity index (χ4v) is 2.13. The molecule has 0 aliphatic carbocycles. The minimum atomic E-state index is -0.509. The summed E-state index contributed by atoms with van der Waals surface area (Å²) in [6, 6.07) is 0. The molecular formula is C10H15ClN2O3S. The Kier molecular flexibility index (Phi) is 5.17. The Morgan fingerprint density at radius 2 is 2.29 bits per heavy atom. The zero-order valence-corrected chi connectivity index (χ0v) is 11.4. The van der Waals surface area contributed by atoms with Gasteiger partial charge in [0.15, 0.2) is 15.2 Å². The van der Waals surface area contributed by atoms with Gasteiger partial charge in [0, 0.05) is 6.54 Å². The molecule has 1 rings (SSSR count). The van der Waals surface area contributed by atoms with Crippen LogP contribution in [0.15, 0.2) is 0 Å². The van der Waals surface area contributed by atoms with Gasteiger partial charge in [-0.25, -0.2) is 9.78 Å². The second-order valence-electron chi connectivity index (χ2n) is 3.82. The van der Waals surface area contributed by atoms with Gasteiger partial charge in [-0.05, 0) is 5.92 Å². The maximum absolute atomic E-state index is 11.3. The summed E-state index contributed by atoms with van der Waals surface area (Å²) in [4.78, 5) is 15.5. The van der Waals surface area contributed by atoms with E-state index in [-0.39, 0.29) is 15.9 Å². The average molecular weight is 279 g/mol. The van der Waals surface area contributed by atoms with Crippen LogP contribution in [0.25, 0.3) is 0 Å². The van der Waals surface area contributed by atoms with Gasteiger partial charge in [-0.2, -0.15) is 0 Å². The molecule has 17 heavy (non-hydrogen) atoms. The summed E-state index contributed by atoms with van der Waals surface area (Å²) in [7, 11) is 1.29. The molecule has 0 aliphatic heterocycles. The molecule has 0 saturated heterocycles. The third-order valence-electron chi connectivity index (χ3n) is 2.19. The lowest BCUT2D eigenvalue weighted by Crippen LogP contribution is -2.24. The van der Waals surface area contributed by atoms with Crippen LogP contribution in [0, 0.1) is 5.92 Å². The molecular weight excluding hydrogens is 264 g/mol. The summed E-state index contributed by atoms with van der Waals surface area (Å²) < 4.78 is 4.56. The van der Waals surface area contributed by atoms with E-state index < -0.39 is 12.1 Å². The zero-order chi connectivity index (χ0) is 13.0. The highest BCUT2D eigenvalue weighted by Gasteiger charge is 2.18. The van der Waals surface area contributed by atoms with Crippen LogP contribution in [-0.2, 0) is 4.74 Å². The van der Waals surface area contributed by atoms with E-state index in [1.54, 1.807) is 0 Å². The molecule has 0 saturated carbocycles. The monoisotopic (exact) mass is 278 g/mol. The van der Waals surface area contributed by atoms with Gasteiger partial charge in [-0.1, -0.05) is 36.8 Å². The zero-order valence-electron chi connectivity index (χ0n) is 9.86. The van der Waals surface area contributed by atoms with Crippen LogP contribution in [-0.4, -0.2) is 35.8 Å². The number of carbonyl (C=O) groups is 1. The SMILES string of the molecule is COC(=O)c1sc(NCC(O)C(C)C)nc1Cl. The lowest BCUT2D eigenvalue weighted by molar-refractivity contribution is 0.0606. The molecule has 1 aromatic heterocycles. The normalized spacial score (nSPS) is 12.6. The van der Waals surface area contributed by atoms with Gasteiger partial charge in [0.1, 0.15) is 0 Å². The van der Waals surface area contributed by atoms with Crippen LogP contribution in [0.2, 0.25) is 5.15 Å². The number of anilines is 1. The summed E-state index contributed by atoms with van der Waals surface area (Å²) in [6.07, 6.45) is -0.473.